The van der Waals surface area contributed by atoms with Crippen LogP contribution in [0.15, 0.2) is 36.4 Å². The number of nitrogens with two attached hydrogens (primary N) is 2. The number of ether oxygens (including phenoxy) is 2. The summed E-state index contributed by atoms with van der Waals surface area (Å²) < 4.78 is 11.0. The van der Waals surface area contributed by atoms with Crippen LogP contribution >= 0.6 is 11.6 Å². The summed E-state index contributed by atoms with van der Waals surface area (Å²) in [5, 5.41) is 0.577. The first kappa shape index (κ1) is 24.2. The molecule has 4 N–H and O–H groups in total. The number of halogens is 1. The molecule has 3 rings (SSSR count). The summed E-state index contributed by atoms with van der Waals surface area (Å²) in [6, 6.07) is 11.5. The van der Waals surface area contributed by atoms with Gasteiger partial charge in [0, 0.05) is 50.9 Å². The summed E-state index contributed by atoms with van der Waals surface area (Å²) >= 11 is 6.34. The van der Waals surface area contributed by atoms with Crippen LogP contribution in [0.2, 0.25) is 5.02 Å². The maximum atomic E-state index is 13.3. The number of benzene rings is 2. The standard InChI is InChI=1S/C22H27ClN2O3.CH5N/c1-3-25(11-6-12-27-2)22(26)18-8-5-4-7-16(18)17-9-10-20(23)21-19(17)13-15(14-24)28-21;1-2/h4-5,7-10,15H,3,6,11-14,24H2,1-2H3;2H2,1H3. The summed E-state index contributed by atoms with van der Waals surface area (Å²) in [5.41, 5.74) is 13.9. The minimum atomic E-state index is -0.0855. The van der Waals surface area contributed by atoms with Crippen molar-refractivity contribution in [2.75, 3.05) is 40.4 Å². The van der Waals surface area contributed by atoms with Crippen LogP contribution in [0.3, 0.4) is 0 Å². The molecule has 1 atom stereocenters. The second-order valence-electron chi connectivity index (χ2n) is 6.86. The van der Waals surface area contributed by atoms with Gasteiger partial charge in [0.2, 0.25) is 0 Å². The van der Waals surface area contributed by atoms with Crippen molar-refractivity contribution in [2.45, 2.75) is 25.9 Å². The van der Waals surface area contributed by atoms with Crippen LogP contribution in [0, 0.1) is 0 Å². The first-order chi connectivity index (χ1) is 14.6. The molecule has 0 saturated carbocycles. The molecule has 164 valence electrons. The zero-order valence-electron chi connectivity index (χ0n) is 18.0. The van der Waals surface area contributed by atoms with Crippen LogP contribution < -0.4 is 16.2 Å². The number of fused-ring (bicyclic) bond motifs is 1. The third kappa shape index (κ3) is 5.32. The van der Waals surface area contributed by atoms with E-state index >= 15 is 0 Å². The minimum Gasteiger partial charge on any atom is -0.487 e. The van der Waals surface area contributed by atoms with E-state index in [0.29, 0.717) is 49.0 Å². The Hall–Kier alpha value is -2.12. The van der Waals surface area contributed by atoms with Gasteiger partial charge >= 0.3 is 0 Å². The average molecular weight is 434 g/mol. The van der Waals surface area contributed by atoms with Gasteiger partial charge < -0.3 is 25.8 Å². The van der Waals surface area contributed by atoms with Crippen molar-refractivity contribution in [1.29, 1.82) is 0 Å². The molecule has 0 aromatic heterocycles. The van der Waals surface area contributed by atoms with Crippen molar-refractivity contribution in [3.05, 3.63) is 52.5 Å². The normalized spacial score (nSPS) is 14.4. The molecule has 1 aliphatic heterocycles. The van der Waals surface area contributed by atoms with E-state index in [4.69, 9.17) is 26.8 Å². The molecule has 0 radical (unpaired) electrons. The third-order valence-corrected chi connectivity index (χ3v) is 5.38. The molecule has 0 spiro atoms. The summed E-state index contributed by atoms with van der Waals surface area (Å²) in [4.78, 5) is 15.1. The Labute approximate surface area is 184 Å². The smallest absolute Gasteiger partial charge is 0.254 e. The molecule has 0 saturated heterocycles. The van der Waals surface area contributed by atoms with E-state index < -0.39 is 0 Å². The Morgan fingerprint density at radius 3 is 2.63 bits per heavy atom. The molecule has 30 heavy (non-hydrogen) atoms. The molecule has 0 aliphatic carbocycles. The SMILES string of the molecule is CCN(CCCOC)C(=O)c1ccccc1-c1ccc(Cl)c2c1CC(CN)O2.CN. The van der Waals surface area contributed by atoms with Crippen LogP contribution in [0.4, 0.5) is 0 Å². The fourth-order valence-electron chi connectivity index (χ4n) is 3.63. The van der Waals surface area contributed by atoms with E-state index in [9.17, 15) is 4.79 Å². The highest BCUT2D eigenvalue weighted by molar-refractivity contribution is 6.32. The Balaban J connectivity index is 0.00000155. The summed E-state index contributed by atoms with van der Waals surface area (Å²) in [5.74, 6) is 0.705. The van der Waals surface area contributed by atoms with E-state index in [0.717, 1.165) is 23.1 Å². The number of hydrogen-bond acceptors (Lipinski definition) is 5. The van der Waals surface area contributed by atoms with Gasteiger partial charge in [0.15, 0.2) is 0 Å². The van der Waals surface area contributed by atoms with Crippen molar-refractivity contribution >= 4 is 17.5 Å². The number of rotatable bonds is 8. The maximum absolute atomic E-state index is 13.3. The Morgan fingerprint density at radius 2 is 1.97 bits per heavy atom. The fraction of sp³-hybridized carbons (Fsp3) is 0.435. The Kier molecular flexibility index (Phi) is 9.59. The number of hydrogen-bond donors (Lipinski definition) is 2. The van der Waals surface area contributed by atoms with Gasteiger partial charge in [0.25, 0.3) is 5.91 Å². The molecule has 1 unspecified atom stereocenters. The molecule has 6 nitrogen and oxygen atoms in total. The summed E-state index contributed by atoms with van der Waals surface area (Å²) in [6.07, 6.45) is 1.41. The summed E-state index contributed by atoms with van der Waals surface area (Å²) in [6.45, 7) is 4.36. The van der Waals surface area contributed by atoms with Crippen molar-refractivity contribution in [1.82, 2.24) is 4.90 Å². The number of methoxy groups -OCH3 is 1. The van der Waals surface area contributed by atoms with Crippen LogP contribution in [0.5, 0.6) is 5.75 Å². The van der Waals surface area contributed by atoms with E-state index in [2.05, 4.69) is 5.73 Å². The summed E-state index contributed by atoms with van der Waals surface area (Å²) in [7, 11) is 3.17. The lowest BCUT2D eigenvalue weighted by molar-refractivity contribution is 0.0747. The third-order valence-electron chi connectivity index (χ3n) is 5.08. The monoisotopic (exact) mass is 433 g/mol. The van der Waals surface area contributed by atoms with Crippen molar-refractivity contribution in [3.63, 3.8) is 0 Å². The predicted octanol–water partition coefficient (Wildman–Crippen LogP) is 3.34. The topological polar surface area (TPSA) is 90.8 Å². The molecule has 1 amide bonds. The van der Waals surface area contributed by atoms with Crippen molar-refractivity contribution < 1.29 is 14.3 Å². The minimum absolute atomic E-state index is 0.0205. The van der Waals surface area contributed by atoms with Gasteiger partial charge in [0.05, 0.1) is 5.02 Å². The second-order valence-corrected chi connectivity index (χ2v) is 7.27. The molecular weight excluding hydrogens is 402 g/mol. The van der Waals surface area contributed by atoms with E-state index in [-0.39, 0.29) is 12.0 Å². The maximum Gasteiger partial charge on any atom is 0.254 e. The molecule has 0 fully saturated rings. The molecule has 1 aliphatic rings. The van der Waals surface area contributed by atoms with Crippen molar-refractivity contribution in [2.24, 2.45) is 11.5 Å². The van der Waals surface area contributed by atoms with Crippen LogP contribution in [0.25, 0.3) is 11.1 Å². The van der Waals surface area contributed by atoms with Gasteiger partial charge in [-0.05, 0) is 43.7 Å². The molecule has 7 heteroatoms. The average Bonchev–Trinajstić information content (AvgIpc) is 3.24. The molecule has 2 aromatic carbocycles. The molecule has 1 heterocycles. The van der Waals surface area contributed by atoms with Crippen molar-refractivity contribution in [3.8, 4) is 16.9 Å². The number of carbonyl (C=O) groups is 1. The predicted molar refractivity (Wildman–Crippen MR) is 122 cm³/mol. The van der Waals surface area contributed by atoms with Gasteiger partial charge in [-0.25, -0.2) is 0 Å². The molecule has 2 aromatic rings. The van der Waals surface area contributed by atoms with E-state index in [1.165, 1.54) is 7.05 Å². The fourth-order valence-corrected chi connectivity index (χ4v) is 3.85. The first-order valence-electron chi connectivity index (χ1n) is 10.2. The van der Waals surface area contributed by atoms with Crippen LogP contribution in [0.1, 0.15) is 29.3 Å². The lowest BCUT2D eigenvalue weighted by Crippen LogP contribution is -2.32. The quantitative estimate of drug-likeness (QED) is 0.623. The van der Waals surface area contributed by atoms with Gasteiger partial charge in [-0.2, -0.15) is 0 Å². The first-order valence-corrected chi connectivity index (χ1v) is 10.6. The zero-order valence-corrected chi connectivity index (χ0v) is 18.7. The van der Waals surface area contributed by atoms with E-state index in [1.54, 1.807) is 7.11 Å². The largest absolute Gasteiger partial charge is 0.487 e. The zero-order chi connectivity index (χ0) is 22.1. The molecule has 0 bridgehead atoms. The second kappa shape index (κ2) is 11.9. The highest BCUT2D eigenvalue weighted by Crippen LogP contribution is 2.42. The Bertz CT molecular complexity index is 844. The number of nitrogens with zero attached hydrogens (tertiary/aromatic N) is 1. The van der Waals surface area contributed by atoms with Crippen LogP contribution in [-0.4, -0.2) is 57.3 Å². The number of amides is 1. The Morgan fingerprint density at radius 1 is 1.23 bits per heavy atom. The highest BCUT2D eigenvalue weighted by Gasteiger charge is 2.29. The van der Waals surface area contributed by atoms with Gasteiger partial charge in [-0.3, -0.25) is 4.79 Å². The van der Waals surface area contributed by atoms with Crippen LogP contribution in [-0.2, 0) is 11.2 Å². The molecular formula is C23H32ClN3O3. The number of carbonyl (C=O) groups excluding carboxylic acids is 1. The highest BCUT2D eigenvalue weighted by atomic mass is 35.5. The lowest BCUT2D eigenvalue weighted by Gasteiger charge is -2.22. The van der Waals surface area contributed by atoms with Gasteiger partial charge in [-0.15, -0.1) is 0 Å². The van der Waals surface area contributed by atoms with Gasteiger partial charge in [0.1, 0.15) is 11.9 Å². The van der Waals surface area contributed by atoms with Gasteiger partial charge in [-0.1, -0.05) is 35.9 Å². The van der Waals surface area contributed by atoms with E-state index in [1.807, 2.05) is 48.2 Å². The lowest BCUT2D eigenvalue weighted by atomic mass is 9.92.